The number of aromatic nitrogens is 4. The summed E-state index contributed by atoms with van der Waals surface area (Å²) < 4.78 is 8.11. The van der Waals surface area contributed by atoms with E-state index in [9.17, 15) is 10.1 Å². The first kappa shape index (κ1) is 25.2. The fraction of sp³-hybridized carbons (Fsp3) is 0.516. The van der Waals surface area contributed by atoms with Crippen molar-refractivity contribution < 1.29 is 9.53 Å². The summed E-state index contributed by atoms with van der Waals surface area (Å²) in [7, 11) is 0. The Bertz CT molecular complexity index is 1400. The minimum Gasteiger partial charge on any atom is -0.375 e. The minimum absolute atomic E-state index is 0.106. The van der Waals surface area contributed by atoms with Crippen molar-refractivity contribution in [3.8, 4) is 17.3 Å². The molecule has 206 valence electrons. The second-order valence-electron chi connectivity index (χ2n) is 11.8. The van der Waals surface area contributed by atoms with E-state index >= 15 is 0 Å². The van der Waals surface area contributed by atoms with E-state index in [0.717, 1.165) is 67.5 Å². The van der Waals surface area contributed by atoms with Crippen molar-refractivity contribution in [2.75, 3.05) is 5.32 Å². The minimum atomic E-state index is 0.106. The fourth-order valence-corrected chi connectivity index (χ4v) is 7.45. The van der Waals surface area contributed by atoms with Gasteiger partial charge in [0.25, 0.3) is 5.91 Å². The van der Waals surface area contributed by atoms with E-state index in [0.29, 0.717) is 36.5 Å². The van der Waals surface area contributed by atoms with Crippen molar-refractivity contribution in [1.82, 2.24) is 24.6 Å². The lowest BCUT2D eigenvalue weighted by Crippen LogP contribution is -2.55. The molecule has 1 saturated carbocycles. The van der Waals surface area contributed by atoms with E-state index in [4.69, 9.17) is 9.72 Å². The first-order valence-corrected chi connectivity index (χ1v) is 14.7. The molecule has 0 radical (unpaired) electrons. The Morgan fingerprint density at radius 1 is 1.05 bits per heavy atom. The third-order valence-electron chi connectivity index (χ3n) is 9.36. The number of nitrogens with one attached hydrogen (secondary N) is 1. The van der Waals surface area contributed by atoms with Crippen LogP contribution in [0.1, 0.15) is 80.6 Å². The summed E-state index contributed by atoms with van der Waals surface area (Å²) in [5.41, 5.74) is 3.21. The third-order valence-corrected chi connectivity index (χ3v) is 9.36. The number of hydrogen-bond donors (Lipinski definition) is 1. The lowest BCUT2D eigenvalue weighted by Gasteiger charge is -2.47. The van der Waals surface area contributed by atoms with Crippen LogP contribution in [-0.2, 0) is 4.74 Å². The molecule has 5 atom stereocenters. The fourth-order valence-electron chi connectivity index (χ4n) is 7.45. The van der Waals surface area contributed by atoms with Gasteiger partial charge in [0.2, 0.25) is 5.95 Å². The molecule has 1 aromatic carbocycles. The number of anilines is 2. The molecule has 1 amide bonds. The van der Waals surface area contributed by atoms with Crippen LogP contribution in [0.3, 0.4) is 0 Å². The van der Waals surface area contributed by atoms with Crippen LogP contribution in [0.15, 0.2) is 48.9 Å². The molecule has 9 heteroatoms. The number of benzene rings is 1. The lowest BCUT2D eigenvalue weighted by molar-refractivity contribution is -0.0973. The maximum absolute atomic E-state index is 13.5. The highest BCUT2D eigenvalue weighted by molar-refractivity contribution is 5.95. The van der Waals surface area contributed by atoms with Crippen molar-refractivity contribution in [2.24, 2.45) is 5.92 Å². The standard InChI is InChI=1S/C31H35N7O2/c32-13-11-29(20-3-1-2-4-20)37-19-22(18-34-37)28-12-14-33-31(36-28)35-23-7-5-21(6-8-23)30(39)38-24-9-10-26-16-25(38)17-27(15-24)40-26/h5-8,12,14,18-20,24-27,29H,1-4,9-11,15-17H2,(H,33,35,36). The zero-order chi connectivity index (χ0) is 27.1. The highest BCUT2D eigenvalue weighted by atomic mass is 16.5. The van der Waals surface area contributed by atoms with Gasteiger partial charge in [0.1, 0.15) is 0 Å². The van der Waals surface area contributed by atoms with Crippen LogP contribution in [0.25, 0.3) is 11.3 Å². The number of fused-ring (bicyclic) bond motifs is 1. The van der Waals surface area contributed by atoms with Crippen molar-refractivity contribution in [3.05, 3.63) is 54.5 Å². The Kier molecular flexibility index (Phi) is 6.72. The molecule has 1 aliphatic carbocycles. The van der Waals surface area contributed by atoms with E-state index < -0.39 is 0 Å². The summed E-state index contributed by atoms with van der Waals surface area (Å²) in [6, 6.07) is 12.5. The molecule has 8 rings (SSSR count). The van der Waals surface area contributed by atoms with E-state index in [2.05, 4.69) is 26.4 Å². The van der Waals surface area contributed by atoms with Gasteiger partial charge in [-0.05, 0) is 81.2 Å². The summed E-state index contributed by atoms with van der Waals surface area (Å²) in [4.78, 5) is 24.8. The average Bonchev–Trinajstić information content (AvgIpc) is 3.64. The van der Waals surface area contributed by atoms with Crippen LogP contribution < -0.4 is 5.32 Å². The number of hydrogen-bond acceptors (Lipinski definition) is 7. The van der Waals surface area contributed by atoms with Gasteiger partial charge in [-0.25, -0.2) is 9.97 Å². The monoisotopic (exact) mass is 537 g/mol. The van der Waals surface area contributed by atoms with Crippen LogP contribution in [0, 0.1) is 17.2 Å². The van der Waals surface area contributed by atoms with Gasteiger partial charge in [0, 0.05) is 41.3 Å². The van der Waals surface area contributed by atoms with Crippen LogP contribution >= 0.6 is 0 Å². The number of nitrogens with zero attached hydrogens (tertiary/aromatic N) is 6. The zero-order valence-electron chi connectivity index (χ0n) is 22.7. The number of carbonyl (C=O) groups is 1. The molecule has 5 unspecified atom stereocenters. The second kappa shape index (κ2) is 10.7. The highest BCUT2D eigenvalue weighted by Gasteiger charge is 2.46. The molecular formula is C31H35N7O2. The average molecular weight is 538 g/mol. The molecule has 4 aliphatic heterocycles. The Hall–Kier alpha value is -3.77. The van der Waals surface area contributed by atoms with Crippen molar-refractivity contribution in [2.45, 2.75) is 94.5 Å². The van der Waals surface area contributed by atoms with Gasteiger partial charge in [-0.1, -0.05) is 12.8 Å². The molecule has 1 N–H and O–H groups in total. The number of nitriles is 1. The van der Waals surface area contributed by atoms with Gasteiger partial charge >= 0.3 is 0 Å². The molecule has 6 heterocycles. The van der Waals surface area contributed by atoms with Crippen molar-refractivity contribution in [3.63, 3.8) is 0 Å². The molecule has 5 fully saturated rings. The summed E-state index contributed by atoms with van der Waals surface area (Å²) in [6.45, 7) is 0. The topological polar surface area (TPSA) is 109 Å². The zero-order valence-corrected chi connectivity index (χ0v) is 22.7. The van der Waals surface area contributed by atoms with Crippen LogP contribution in [0.5, 0.6) is 0 Å². The van der Waals surface area contributed by atoms with Gasteiger partial charge in [0.05, 0.1) is 42.6 Å². The molecule has 5 aliphatic rings. The van der Waals surface area contributed by atoms with Gasteiger partial charge < -0.3 is 15.0 Å². The number of piperidine rings is 1. The predicted molar refractivity (Wildman–Crippen MR) is 150 cm³/mol. The number of amides is 1. The first-order chi connectivity index (χ1) is 19.6. The largest absolute Gasteiger partial charge is 0.375 e. The van der Waals surface area contributed by atoms with Crippen molar-refractivity contribution >= 4 is 17.5 Å². The van der Waals surface area contributed by atoms with E-state index in [1.54, 1.807) is 6.20 Å². The maximum Gasteiger partial charge on any atom is 0.254 e. The van der Waals surface area contributed by atoms with E-state index in [1.807, 2.05) is 47.4 Å². The molecular weight excluding hydrogens is 502 g/mol. The Morgan fingerprint density at radius 3 is 2.67 bits per heavy atom. The Balaban J connectivity index is 1.04. The lowest BCUT2D eigenvalue weighted by atomic mass is 9.89. The summed E-state index contributed by atoms with van der Waals surface area (Å²) >= 11 is 0. The van der Waals surface area contributed by atoms with E-state index in [1.165, 1.54) is 12.8 Å². The van der Waals surface area contributed by atoms with Crippen LogP contribution in [0.4, 0.5) is 11.6 Å². The van der Waals surface area contributed by atoms with Gasteiger partial charge in [-0.2, -0.15) is 10.4 Å². The normalized spacial score (nSPS) is 26.4. The summed E-state index contributed by atoms with van der Waals surface area (Å²) in [5, 5.41) is 17.3. The maximum atomic E-state index is 13.5. The van der Waals surface area contributed by atoms with Crippen molar-refractivity contribution in [1.29, 1.82) is 5.26 Å². The Morgan fingerprint density at radius 2 is 1.85 bits per heavy atom. The molecule has 2 aromatic heterocycles. The van der Waals surface area contributed by atoms with Crippen LogP contribution in [-0.4, -0.2) is 54.8 Å². The molecule has 3 aromatic rings. The predicted octanol–water partition coefficient (Wildman–Crippen LogP) is 5.65. The first-order valence-electron chi connectivity index (χ1n) is 14.7. The molecule has 0 spiro atoms. The molecule has 9 nitrogen and oxygen atoms in total. The molecule has 4 bridgehead atoms. The number of carbonyl (C=O) groups excluding carboxylic acids is 1. The smallest absolute Gasteiger partial charge is 0.254 e. The SMILES string of the molecule is N#CCC(C1CCCC1)n1cc(-c2ccnc(Nc3ccc(C(=O)N4C5CCC6CC4CC(C5)O6)cc3)n2)cn1. The second-order valence-corrected chi connectivity index (χ2v) is 11.8. The molecule has 40 heavy (non-hydrogen) atoms. The van der Waals surface area contributed by atoms with Gasteiger partial charge in [0.15, 0.2) is 0 Å². The van der Waals surface area contributed by atoms with Crippen LogP contribution in [0.2, 0.25) is 0 Å². The van der Waals surface area contributed by atoms with Gasteiger partial charge in [-0.3, -0.25) is 9.48 Å². The van der Waals surface area contributed by atoms with Gasteiger partial charge in [-0.15, -0.1) is 0 Å². The Labute approximate surface area is 234 Å². The summed E-state index contributed by atoms with van der Waals surface area (Å²) in [6.07, 6.45) is 16.4. The number of ether oxygens (including phenoxy) is 1. The summed E-state index contributed by atoms with van der Waals surface area (Å²) in [5.74, 6) is 1.11. The third kappa shape index (κ3) is 4.86. The van der Waals surface area contributed by atoms with E-state index in [-0.39, 0.29) is 18.0 Å². The quantitative estimate of drug-likeness (QED) is 0.415. The molecule has 4 saturated heterocycles. The number of rotatable bonds is 7. The highest BCUT2D eigenvalue weighted by Crippen LogP contribution is 2.41.